The molecule has 2 heteroatoms. The SMILES string of the molecule is CCC(CN)(C1CC1)N(C)CC1CC2CCC1C2. The molecule has 0 saturated heterocycles. The average molecular weight is 250 g/mol. The number of hydrogen-bond acceptors (Lipinski definition) is 2. The van der Waals surface area contributed by atoms with Gasteiger partial charge in [-0.05, 0) is 69.2 Å². The Labute approximate surface area is 112 Å². The monoisotopic (exact) mass is 250 g/mol. The highest BCUT2D eigenvalue weighted by molar-refractivity contribution is 5.03. The Morgan fingerprint density at radius 2 is 1.94 bits per heavy atom. The van der Waals surface area contributed by atoms with Crippen LogP contribution in [0.15, 0.2) is 0 Å². The zero-order valence-corrected chi connectivity index (χ0v) is 12.2. The summed E-state index contributed by atoms with van der Waals surface area (Å²) in [5.74, 6) is 3.98. The summed E-state index contributed by atoms with van der Waals surface area (Å²) in [4.78, 5) is 2.66. The van der Waals surface area contributed by atoms with E-state index in [1.807, 2.05) is 0 Å². The van der Waals surface area contributed by atoms with Crippen LogP contribution in [-0.2, 0) is 0 Å². The molecule has 4 atom stereocenters. The molecule has 3 saturated carbocycles. The van der Waals surface area contributed by atoms with Crippen LogP contribution in [0.25, 0.3) is 0 Å². The van der Waals surface area contributed by atoms with Crippen molar-refractivity contribution in [1.29, 1.82) is 0 Å². The highest BCUT2D eigenvalue weighted by Gasteiger charge is 2.47. The van der Waals surface area contributed by atoms with Gasteiger partial charge in [0, 0.05) is 18.6 Å². The van der Waals surface area contributed by atoms with Crippen LogP contribution in [0.2, 0.25) is 0 Å². The van der Waals surface area contributed by atoms with E-state index in [0.717, 1.165) is 30.2 Å². The molecule has 3 aliphatic carbocycles. The summed E-state index contributed by atoms with van der Waals surface area (Å²) in [5.41, 5.74) is 6.49. The van der Waals surface area contributed by atoms with Crippen LogP contribution >= 0.6 is 0 Å². The van der Waals surface area contributed by atoms with Gasteiger partial charge in [0.1, 0.15) is 0 Å². The van der Waals surface area contributed by atoms with Crippen LogP contribution in [0.1, 0.15) is 51.9 Å². The fraction of sp³-hybridized carbons (Fsp3) is 1.00. The van der Waals surface area contributed by atoms with E-state index in [4.69, 9.17) is 5.73 Å². The summed E-state index contributed by atoms with van der Waals surface area (Å²) < 4.78 is 0. The molecule has 2 nitrogen and oxygen atoms in total. The Balaban J connectivity index is 1.64. The number of nitrogens with two attached hydrogens (primary N) is 1. The summed E-state index contributed by atoms with van der Waals surface area (Å²) >= 11 is 0. The molecule has 4 unspecified atom stereocenters. The van der Waals surface area contributed by atoms with Gasteiger partial charge in [-0.15, -0.1) is 0 Å². The van der Waals surface area contributed by atoms with E-state index in [0.29, 0.717) is 5.54 Å². The molecule has 18 heavy (non-hydrogen) atoms. The first-order valence-electron chi connectivity index (χ1n) is 8.11. The van der Waals surface area contributed by atoms with Gasteiger partial charge in [0.05, 0.1) is 0 Å². The minimum atomic E-state index is 0.321. The first kappa shape index (κ1) is 12.9. The number of hydrogen-bond donors (Lipinski definition) is 1. The Morgan fingerprint density at radius 1 is 1.17 bits per heavy atom. The molecule has 0 spiro atoms. The third-order valence-electron chi connectivity index (χ3n) is 6.46. The Kier molecular flexibility index (Phi) is 3.44. The zero-order chi connectivity index (χ0) is 12.8. The summed E-state index contributed by atoms with van der Waals surface area (Å²) in [7, 11) is 2.35. The molecule has 0 aromatic rings. The second-order valence-electron chi connectivity index (χ2n) is 7.25. The van der Waals surface area contributed by atoms with E-state index in [2.05, 4.69) is 18.9 Å². The van der Waals surface area contributed by atoms with Crippen molar-refractivity contribution in [2.45, 2.75) is 57.4 Å². The van der Waals surface area contributed by atoms with E-state index in [9.17, 15) is 0 Å². The molecular formula is C16H30N2. The molecule has 0 radical (unpaired) electrons. The van der Waals surface area contributed by atoms with Gasteiger partial charge in [0.25, 0.3) is 0 Å². The van der Waals surface area contributed by atoms with Crippen LogP contribution < -0.4 is 5.73 Å². The quantitative estimate of drug-likeness (QED) is 0.785. The molecule has 0 aromatic heterocycles. The third kappa shape index (κ3) is 2.02. The van der Waals surface area contributed by atoms with Crippen LogP contribution in [0.5, 0.6) is 0 Å². The van der Waals surface area contributed by atoms with E-state index in [1.165, 1.54) is 51.5 Å². The van der Waals surface area contributed by atoms with Gasteiger partial charge in [-0.25, -0.2) is 0 Å². The Morgan fingerprint density at radius 3 is 2.39 bits per heavy atom. The van der Waals surface area contributed by atoms with E-state index in [1.54, 1.807) is 0 Å². The number of likely N-dealkylation sites (N-methyl/N-ethyl adjacent to an activating group) is 1. The lowest BCUT2D eigenvalue weighted by Crippen LogP contribution is -2.55. The molecule has 3 aliphatic rings. The average Bonchev–Trinajstić information content (AvgIpc) is 3.02. The first-order chi connectivity index (χ1) is 8.69. The molecule has 0 heterocycles. The second-order valence-corrected chi connectivity index (χ2v) is 7.25. The van der Waals surface area contributed by atoms with Gasteiger partial charge < -0.3 is 5.73 Å². The molecule has 3 fully saturated rings. The van der Waals surface area contributed by atoms with Crippen LogP contribution in [0, 0.1) is 23.7 Å². The molecule has 0 amide bonds. The van der Waals surface area contributed by atoms with Crippen molar-refractivity contribution < 1.29 is 0 Å². The van der Waals surface area contributed by atoms with Gasteiger partial charge in [0.15, 0.2) is 0 Å². The fourth-order valence-electron chi connectivity index (χ4n) is 5.09. The van der Waals surface area contributed by atoms with Gasteiger partial charge in [-0.2, -0.15) is 0 Å². The Bertz CT molecular complexity index is 293. The van der Waals surface area contributed by atoms with Crippen molar-refractivity contribution in [3.8, 4) is 0 Å². The highest BCUT2D eigenvalue weighted by Crippen LogP contribution is 2.50. The predicted molar refractivity (Wildman–Crippen MR) is 76.4 cm³/mol. The van der Waals surface area contributed by atoms with Crippen molar-refractivity contribution in [2.75, 3.05) is 20.1 Å². The smallest absolute Gasteiger partial charge is 0.0354 e. The minimum Gasteiger partial charge on any atom is -0.329 e. The third-order valence-corrected chi connectivity index (χ3v) is 6.46. The van der Waals surface area contributed by atoms with Crippen molar-refractivity contribution in [1.82, 2.24) is 4.90 Å². The van der Waals surface area contributed by atoms with Crippen molar-refractivity contribution >= 4 is 0 Å². The summed E-state index contributed by atoms with van der Waals surface area (Å²) in [6.07, 6.45) is 10.1. The summed E-state index contributed by atoms with van der Waals surface area (Å²) in [6.45, 7) is 4.50. The molecular weight excluding hydrogens is 220 g/mol. The lowest BCUT2D eigenvalue weighted by molar-refractivity contribution is 0.0680. The minimum absolute atomic E-state index is 0.321. The van der Waals surface area contributed by atoms with E-state index >= 15 is 0 Å². The van der Waals surface area contributed by atoms with Crippen LogP contribution in [0.3, 0.4) is 0 Å². The molecule has 2 N–H and O–H groups in total. The molecule has 0 aliphatic heterocycles. The molecule has 2 bridgehead atoms. The lowest BCUT2D eigenvalue weighted by Gasteiger charge is -2.43. The molecule has 3 rings (SSSR count). The van der Waals surface area contributed by atoms with E-state index in [-0.39, 0.29) is 0 Å². The molecule has 104 valence electrons. The zero-order valence-electron chi connectivity index (χ0n) is 12.2. The van der Waals surface area contributed by atoms with Crippen molar-refractivity contribution in [3.63, 3.8) is 0 Å². The highest BCUT2D eigenvalue weighted by atomic mass is 15.2. The number of nitrogens with zero attached hydrogens (tertiary/aromatic N) is 1. The summed E-state index contributed by atoms with van der Waals surface area (Å²) in [6, 6.07) is 0. The van der Waals surface area contributed by atoms with Gasteiger partial charge in [-0.3, -0.25) is 4.90 Å². The largest absolute Gasteiger partial charge is 0.329 e. The van der Waals surface area contributed by atoms with E-state index < -0.39 is 0 Å². The van der Waals surface area contributed by atoms with Crippen molar-refractivity contribution in [2.24, 2.45) is 29.4 Å². The second kappa shape index (κ2) is 4.79. The number of rotatable bonds is 6. The summed E-state index contributed by atoms with van der Waals surface area (Å²) in [5, 5.41) is 0. The van der Waals surface area contributed by atoms with Gasteiger partial charge >= 0.3 is 0 Å². The van der Waals surface area contributed by atoms with Crippen LogP contribution in [0.4, 0.5) is 0 Å². The van der Waals surface area contributed by atoms with Crippen molar-refractivity contribution in [3.05, 3.63) is 0 Å². The maximum atomic E-state index is 6.17. The first-order valence-corrected chi connectivity index (χ1v) is 8.11. The lowest BCUT2D eigenvalue weighted by atomic mass is 9.84. The van der Waals surface area contributed by atoms with Gasteiger partial charge in [-0.1, -0.05) is 13.3 Å². The van der Waals surface area contributed by atoms with Gasteiger partial charge in [0.2, 0.25) is 0 Å². The fourth-order valence-corrected chi connectivity index (χ4v) is 5.09. The topological polar surface area (TPSA) is 29.3 Å². The van der Waals surface area contributed by atoms with Crippen LogP contribution in [-0.4, -0.2) is 30.6 Å². The standard InChI is InChI=1S/C16H30N2/c1-3-16(11-17,15-6-7-15)18(2)10-14-9-12-4-5-13(14)8-12/h12-15H,3-11,17H2,1-2H3. The predicted octanol–water partition coefficient (Wildman–Crippen LogP) is 2.87. The normalized spacial score (nSPS) is 38.3. The Hall–Kier alpha value is -0.0800. The maximum Gasteiger partial charge on any atom is 0.0354 e. The maximum absolute atomic E-state index is 6.17. The number of fused-ring (bicyclic) bond motifs is 2. The molecule has 0 aromatic carbocycles.